The molecule has 21 heavy (non-hydrogen) atoms. The first-order valence-electron chi connectivity index (χ1n) is 7.77. The molecular weight excluding hydrogens is 297 g/mol. The number of rotatable bonds is 4. The number of nitrogens with zero attached hydrogens (tertiary/aromatic N) is 1. The second-order valence-electron chi connectivity index (χ2n) is 6.67. The van der Waals surface area contributed by atoms with E-state index in [9.17, 15) is 13.2 Å². The van der Waals surface area contributed by atoms with Gasteiger partial charge in [0.25, 0.3) is 0 Å². The van der Waals surface area contributed by atoms with Gasteiger partial charge in [-0.3, -0.25) is 0 Å². The van der Waals surface area contributed by atoms with Gasteiger partial charge in [0, 0.05) is 17.1 Å². The summed E-state index contributed by atoms with van der Waals surface area (Å²) in [7, 11) is 0. The Morgan fingerprint density at radius 2 is 2.00 bits per heavy atom. The van der Waals surface area contributed by atoms with Crippen LogP contribution in [-0.4, -0.2) is 11.5 Å². The maximum atomic E-state index is 12.8. The van der Waals surface area contributed by atoms with E-state index in [0.29, 0.717) is 5.92 Å². The largest absolute Gasteiger partial charge is 0.443 e. The van der Waals surface area contributed by atoms with Gasteiger partial charge < -0.3 is 5.32 Å². The number of halogens is 3. The number of fused-ring (bicyclic) bond motifs is 5. The van der Waals surface area contributed by atoms with Crippen LogP contribution < -0.4 is 5.32 Å². The molecule has 4 rings (SSSR count). The number of aromatic nitrogens is 1. The molecule has 5 atom stereocenters. The Hall–Kier alpha value is -0.620. The lowest BCUT2D eigenvalue weighted by molar-refractivity contribution is -0.137. The van der Waals surface area contributed by atoms with Crippen molar-refractivity contribution in [3.8, 4) is 0 Å². The number of hydrogen-bond acceptors (Lipinski definition) is 3. The summed E-state index contributed by atoms with van der Waals surface area (Å²) < 4.78 is 38.3. The highest BCUT2D eigenvalue weighted by atomic mass is 32.1. The van der Waals surface area contributed by atoms with Gasteiger partial charge in [0.2, 0.25) is 0 Å². The third-order valence-electron chi connectivity index (χ3n) is 5.68. The Bertz CT molecular complexity index is 525. The molecule has 3 saturated carbocycles. The van der Waals surface area contributed by atoms with Crippen LogP contribution in [0.2, 0.25) is 0 Å². The van der Waals surface area contributed by atoms with E-state index in [0.717, 1.165) is 46.4 Å². The minimum Gasteiger partial charge on any atom is -0.309 e. The van der Waals surface area contributed by atoms with Gasteiger partial charge in [-0.25, -0.2) is 4.98 Å². The molecule has 1 aromatic heterocycles. The van der Waals surface area contributed by atoms with E-state index in [4.69, 9.17) is 0 Å². The average Bonchev–Trinajstić information content (AvgIpc) is 2.86. The van der Waals surface area contributed by atoms with Gasteiger partial charge >= 0.3 is 6.18 Å². The van der Waals surface area contributed by atoms with Crippen LogP contribution in [0.25, 0.3) is 0 Å². The Labute approximate surface area is 126 Å². The lowest BCUT2D eigenvalue weighted by atomic mass is 9.97. The highest BCUT2D eigenvalue weighted by Crippen LogP contribution is 2.72. The first-order chi connectivity index (χ1) is 10.0. The summed E-state index contributed by atoms with van der Waals surface area (Å²) in [6, 6.07) is 0.0713. The number of alkyl halides is 3. The minimum atomic E-state index is -4.32. The van der Waals surface area contributed by atoms with Crippen LogP contribution in [0.3, 0.4) is 0 Å². The summed E-state index contributed by atoms with van der Waals surface area (Å²) in [4.78, 5) is 4.37. The predicted molar refractivity (Wildman–Crippen MR) is 74.8 cm³/mol. The fourth-order valence-electron chi connectivity index (χ4n) is 5.05. The molecule has 2 nitrogen and oxygen atoms in total. The minimum absolute atomic E-state index is 0.0713. The number of hydrogen-bond donors (Lipinski definition) is 1. The lowest BCUT2D eigenvalue weighted by Gasteiger charge is -2.19. The molecule has 6 heteroatoms. The van der Waals surface area contributed by atoms with E-state index in [-0.39, 0.29) is 6.04 Å². The third kappa shape index (κ3) is 2.13. The lowest BCUT2D eigenvalue weighted by Crippen LogP contribution is -2.24. The number of nitrogens with one attached hydrogen (secondary N) is 1. The van der Waals surface area contributed by atoms with E-state index in [1.165, 1.54) is 25.5 Å². The first-order valence-corrected chi connectivity index (χ1v) is 8.58. The molecule has 2 bridgehead atoms. The molecule has 1 N–H and O–H groups in total. The molecular formula is C15H19F3N2S. The van der Waals surface area contributed by atoms with Crippen molar-refractivity contribution in [2.75, 3.05) is 6.54 Å². The summed E-state index contributed by atoms with van der Waals surface area (Å²) in [6.45, 7) is 2.81. The van der Waals surface area contributed by atoms with Crippen molar-refractivity contribution in [3.63, 3.8) is 0 Å². The summed E-state index contributed by atoms with van der Waals surface area (Å²) in [6.07, 6.45) is 1.14. The van der Waals surface area contributed by atoms with E-state index in [2.05, 4.69) is 10.3 Å². The van der Waals surface area contributed by atoms with Crippen molar-refractivity contribution in [1.29, 1.82) is 0 Å². The zero-order valence-corrected chi connectivity index (χ0v) is 12.7. The Morgan fingerprint density at radius 3 is 2.52 bits per heavy atom. The van der Waals surface area contributed by atoms with E-state index in [1.807, 2.05) is 6.92 Å². The average molecular weight is 316 g/mol. The summed E-state index contributed by atoms with van der Waals surface area (Å²) in [5.41, 5.74) is 0. The van der Waals surface area contributed by atoms with Gasteiger partial charge in [0.1, 0.15) is 0 Å². The summed E-state index contributed by atoms with van der Waals surface area (Å²) >= 11 is 0.819. The van der Waals surface area contributed by atoms with Crippen LogP contribution in [0.1, 0.15) is 42.1 Å². The van der Waals surface area contributed by atoms with Crippen molar-refractivity contribution in [1.82, 2.24) is 10.3 Å². The van der Waals surface area contributed by atoms with Crippen molar-refractivity contribution in [2.24, 2.45) is 29.6 Å². The Balaban J connectivity index is 1.57. The summed E-state index contributed by atoms with van der Waals surface area (Å²) in [5, 5.41) is 2.71. The quantitative estimate of drug-likeness (QED) is 0.904. The molecule has 0 radical (unpaired) electrons. The zero-order valence-electron chi connectivity index (χ0n) is 11.9. The molecule has 5 unspecified atom stereocenters. The van der Waals surface area contributed by atoms with Crippen molar-refractivity contribution < 1.29 is 13.2 Å². The van der Waals surface area contributed by atoms with Crippen molar-refractivity contribution >= 4 is 11.3 Å². The molecule has 3 fully saturated rings. The molecule has 0 aliphatic heterocycles. The molecule has 0 spiro atoms. The molecule has 0 amide bonds. The Morgan fingerprint density at radius 1 is 1.33 bits per heavy atom. The molecule has 0 aromatic carbocycles. The standard InChI is InChI=1S/C15H19F3N2S/c1-2-19-13(9-6-20-14(21-9)15(16,17)18)12-10-7-3-4-8(5-7)11(10)12/h6-8,10-13,19H,2-5H2,1H3. The van der Waals surface area contributed by atoms with Gasteiger partial charge in [-0.05, 0) is 55.4 Å². The monoisotopic (exact) mass is 316 g/mol. The highest BCUT2D eigenvalue weighted by Gasteiger charge is 2.66. The zero-order chi connectivity index (χ0) is 14.8. The maximum absolute atomic E-state index is 12.8. The Kier molecular flexibility index (Phi) is 3.12. The third-order valence-corrected chi connectivity index (χ3v) is 6.80. The smallest absolute Gasteiger partial charge is 0.309 e. The second-order valence-corrected chi connectivity index (χ2v) is 7.73. The van der Waals surface area contributed by atoms with Gasteiger partial charge in [-0.15, -0.1) is 11.3 Å². The predicted octanol–water partition coefficient (Wildman–Crippen LogP) is 4.10. The molecule has 3 aliphatic rings. The van der Waals surface area contributed by atoms with Crippen LogP contribution in [0, 0.1) is 29.6 Å². The van der Waals surface area contributed by atoms with Gasteiger partial charge in [-0.2, -0.15) is 13.2 Å². The fraction of sp³-hybridized carbons (Fsp3) is 0.800. The fourth-order valence-corrected chi connectivity index (χ4v) is 5.96. The number of thiazole rings is 1. The van der Waals surface area contributed by atoms with Crippen LogP contribution >= 0.6 is 11.3 Å². The molecule has 1 heterocycles. The van der Waals surface area contributed by atoms with Crippen LogP contribution in [0.4, 0.5) is 13.2 Å². The first kappa shape index (κ1) is 14.0. The topological polar surface area (TPSA) is 24.9 Å². The van der Waals surface area contributed by atoms with E-state index >= 15 is 0 Å². The van der Waals surface area contributed by atoms with Crippen LogP contribution in [0.5, 0.6) is 0 Å². The van der Waals surface area contributed by atoms with Crippen LogP contribution in [-0.2, 0) is 6.18 Å². The molecule has 116 valence electrons. The normalized spacial score (nSPS) is 38.6. The summed E-state index contributed by atoms with van der Waals surface area (Å²) in [5.74, 6) is 3.72. The maximum Gasteiger partial charge on any atom is 0.443 e. The SMILES string of the molecule is CCNC(c1cnc(C(F)(F)F)s1)C1C2C3CCC(C3)C21. The molecule has 1 aromatic rings. The van der Waals surface area contributed by atoms with Gasteiger partial charge in [0.05, 0.1) is 0 Å². The van der Waals surface area contributed by atoms with E-state index < -0.39 is 11.2 Å². The van der Waals surface area contributed by atoms with Crippen LogP contribution in [0.15, 0.2) is 6.20 Å². The van der Waals surface area contributed by atoms with E-state index in [1.54, 1.807) is 0 Å². The molecule has 3 aliphatic carbocycles. The second kappa shape index (κ2) is 4.69. The van der Waals surface area contributed by atoms with Crippen molar-refractivity contribution in [3.05, 3.63) is 16.1 Å². The van der Waals surface area contributed by atoms with Gasteiger partial charge in [-0.1, -0.05) is 6.92 Å². The highest BCUT2D eigenvalue weighted by molar-refractivity contribution is 7.11. The van der Waals surface area contributed by atoms with Gasteiger partial charge in [0.15, 0.2) is 5.01 Å². The van der Waals surface area contributed by atoms with Crippen molar-refractivity contribution in [2.45, 2.75) is 38.4 Å². The molecule has 0 saturated heterocycles.